The van der Waals surface area contributed by atoms with E-state index in [4.69, 9.17) is 0 Å². The SMILES string of the molecule is Cn1cc(-c2nc(C(=O)C[C@H](CO)C3CC3)cc(-c3ccc(OC(F)(F)F)cc3)n2)cn1. The van der Waals surface area contributed by atoms with E-state index in [1.54, 1.807) is 24.1 Å². The fourth-order valence-electron chi connectivity index (χ4n) is 3.52. The molecule has 0 aliphatic heterocycles. The number of ether oxygens (including phenoxy) is 1. The maximum Gasteiger partial charge on any atom is 0.573 e. The number of nitrogens with zero attached hydrogens (tertiary/aromatic N) is 4. The van der Waals surface area contributed by atoms with Crippen molar-refractivity contribution in [3.05, 3.63) is 48.4 Å². The number of aryl methyl sites for hydroxylation is 1. The van der Waals surface area contributed by atoms with E-state index in [9.17, 15) is 23.1 Å². The van der Waals surface area contributed by atoms with E-state index in [-0.39, 0.29) is 42.0 Å². The molecule has 0 amide bonds. The highest BCUT2D eigenvalue weighted by atomic mass is 19.4. The van der Waals surface area contributed by atoms with Gasteiger partial charge in [0, 0.05) is 31.8 Å². The summed E-state index contributed by atoms with van der Waals surface area (Å²) in [7, 11) is 1.74. The third-order valence-corrected chi connectivity index (χ3v) is 5.33. The summed E-state index contributed by atoms with van der Waals surface area (Å²) < 4.78 is 42.8. The highest BCUT2D eigenvalue weighted by Crippen LogP contribution is 2.39. The third-order valence-electron chi connectivity index (χ3n) is 5.33. The van der Waals surface area contributed by atoms with Crippen molar-refractivity contribution in [3.63, 3.8) is 0 Å². The molecule has 0 saturated heterocycles. The smallest absolute Gasteiger partial charge is 0.406 e. The predicted molar refractivity (Wildman–Crippen MR) is 109 cm³/mol. The molecular formula is C22H21F3N4O3. The van der Waals surface area contributed by atoms with E-state index in [1.165, 1.54) is 30.3 Å². The lowest BCUT2D eigenvalue weighted by molar-refractivity contribution is -0.274. The van der Waals surface area contributed by atoms with Crippen LogP contribution in [0.5, 0.6) is 5.75 Å². The second-order valence-electron chi connectivity index (χ2n) is 7.84. The highest BCUT2D eigenvalue weighted by molar-refractivity contribution is 5.95. The lowest BCUT2D eigenvalue weighted by Gasteiger charge is -2.13. The first-order chi connectivity index (χ1) is 15.2. The number of halogens is 3. The second kappa shape index (κ2) is 8.70. The van der Waals surface area contributed by atoms with Gasteiger partial charge in [-0.15, -0.1) is 13.2 Å². The van der Waals surface area contributed by atoms with Crippen LogP contribution in [0.2, 0.25) is 0 Å². The van der Waals surface area contributed by atoms with Crippen LogP contribution in [0.1, 0.15) is 29.8 Å². The standard InChI is InChI=1S/C22H21F3N4O3/c1-29-11-16(10-26-29)21-27-18(14-4-6-17(7-5-14)32-22(23,24)25)9-19(28-21)20(31)8-15(12-30)13-2-3-13/h4-7,9-11,13,15,30H,2-3,8,12H2,1H3/t15-/m1/s1. The number of aliphatic hydroxyl groups excluding tert-OH is 1. The fourth-order valence-corrected chi connectivity index (χ4v) is 3.52. The first kappa shape index (κ1) is 21.9. The molecule has 1 fully saturated rings. The van der Waals surface area contributed by atoms with E-state index in [0.717, 1.165) is 12.8 Å². The minimum absolute atomic E-state index is 0.0650. The molecule has 0 radical (unpaired) electrons. The van der Waals surface area contributed by atoms with Crippen LogP contribution in [0.4, 0.5) is 13.2 Å². The van der Waals surface area contributed by atoms with Crippen molar-refractivity contribution in [1.29, 1.82) is 0 Å². The summed E-state index contributed by atoms with van der Waals surface area (Å²) in [5, 5.41) is 13.7. The van der Waals surface area contributed by atoms with E-state index < -0.39 is 6.36 Å². The van der Waals surface area contributed by atoms with Crippen molar-refractivity contribution in [2.45, 2.75) is 25.6 Å². The molecule has 0 spiro atoms. The van der Waals surface area contributed by atoms with Crippen molar-refractivity contribution in [3.8, 4) is 28.4 Å². The van der Waals surface area contributed by atoms with Crippen molar-refractivity contribution >= 4 is 5.78 Å². The molecule has 7 nitrogen and oxygen atoms in total. The van der Waals surface area contributed by atoms with Crippen molar-refractivity contribution < 1.29 is 27.8 Å². The highest BCUT2D eigenvalue weighted by Gasteiger charge is 2.33. The van der Waals surface area contributed by atoms with Gasteiger partial charge in [0.25, 0.3) is 0 Å². The van der Waals surface area contributed by atoms with E-state index >= 15 is 0 Å². The quantitative estimate of drug-likeness (QED) is 0.526. The van der Waals surface area contributed by atoms with Crippen LogP contribution in [-0.4, -0.2) is 43.6 Å². The normalized spacial score (nSPS) is 14.9. The van der Waals surface area contributed by atoms with Gasteiger partial charge in [-0.25, -0.2) is 9.97 Å². The summed E-state index contributed by atoms with van der Waals surface area (Å²) in [6.45, 7) is -0.0650. The van der Waals surface area contributed by atoms with E-state index in [2.05, 4.69) is 19.8 Å². The predicted octanol–water partition coefficient (Wildman–Crippen LogP) is 4.03. The van der Waals surface area contributed by atoms with Crippen LogP contribution in [-0.2, 0) is 7.05 Å². The zero-order valence-electron chi connectivity index (χ0n) is 17.2. The zero-order valence-corrected chi connectivity index (χ0v) is 17.2. The molecule has 2 heterocycles. The Morgan fingerprint density at radius 1 is 1.22 bits per heavy atom. The van der Waals surface area contributed by atoms with Gasteiger partial charge in [-0.3, -0.25) is 9.48 Å². The summed E-state index contributed by atoms with van der Waals surface area (Å²) in [5.74, 6) is -0.0524. The number of hydrogen-bond acceptors (Lipinski definition) is 6. The molecule has 0 bridgehead atoms. The molecule has 1 N–H and O–H groups in total. The lowest BCUT2D eigenvalue weighted by atomic mass is 9.96. The third kappa shape index (κ3) is 5.31. The number of aromatic nitrogens is 4. The summed E-state index contributed by atoms with van der Waals surface area (Å²) in [6.07, 6.45) is 0.654. The molecule has 2 aromatic heterocycles. The number of rotatable bonds is 8. The Labute approximate surface area is 181 Å². The molecule has 3 aromatic rings. The van der Waals surface area contributed by atoms with Crippen LogP contribution in [0.25, 0.3) is 22.6 Å². The topological polar surface area (TPSA) is 90.1 Å². The van der Waals surface area contributed by atoms with Gasteiger partial charge in [-0.05, 0) is 55.0 Å². The van der Waals surface area contributed by atoms with Gasteiger partial charge in [0.15, 0.2) is 11.6 Å². The number of aliphatic hydroxyl groups is 1. The van der Waals surface area contributed by atoms with Gasteiger partial charge in [0.05, 0.1) is 17.5 Å². The number of benzene rings is 1. The van der Waals surface area contributed by atoms with Gasteiger partial charge < -0.3 is 9.84 Å². The molecule has 1 aliphatic rings. The number of hydrogen-bond donors (Lipinski definition) is 1. The Morgan fingerprint density at radius 2 is 1.94 bits per heavy atom. The van der Waals surface area contributed by atoms with Gasteiger partial charge >= 0.3 is 6.36 Å². The van der Waals surface area contributed by atoms with Crippen LogP contribution >= 0.6 is 0 Å². The van der Waals surface area contributed by atoms with Crippen molar-refractivity contribution in [2.75, 3.05) is 6.61 Å². The fraction of sp³-hybridized carbons (Fsp3) is 0.364. The Bertz CT molecular complexity index is 1110. The Morgan fingerprint density at radius 3 is 2.50 bits per heavy atom. The van der Waals surface area contributed by atoms with Crippen LogP contribution in [0.3, 0.4) is 0 Å². The molecule has 1 aromatic carbocycles. The van der Waals surface area contributed by atoms with Gasteiger partial charge in [-0.2, -0.15) is 5.10 Å². The Balaban J connectivity index is 1.68. The first-order valence-corrected chi connectivity index (χ1v) is 10.1. The maximum atomic E-state index is 13.0. The summed E-state index contributed by atoms with van der Waals surface area (Å²) in [5.41, 5.74) is 1.67. The average Bonchev–Trinajstić information content (AvgIpc) is 3.50. The number of carbonyl (C=O) groups is 1. The van der Waals surface area contributed by atoms with Crippen LogP contribution in [0.15, 0.2) is 42.7 Å². The average molecular weight is 446 g/mol. The monoisotopic (exact) mass is 446 g/mol. The minimum atomic E-state index is -4.78. The Kier molecular flexibility index (Phi) is 5.96. The van der Waals surface area contributed by atoms with E-state index in [0.29, 0.717) is 22.7 Å². The lowest BCUT2D eigenvalue weighted by Crippen LogP contribution is -2.17. The largest absolute Gasteiger partial charge is 0.573 e. The number of carbonyl (C=O) groups excluding carboxylic acids is 1. The van der Waals surface area contributed by atoms with Gasteiger partial charge in [0.2, 0.25) is 0 Å². The van der Waals surface area contributed by atoms with E-state index in [1.807, 2.05) is 0 Å². The molecular weight excluding hydrogens is 425 g/mol. The van der Waals surface area contributed by atoms with Crippen LogP contribution < -0.4 is 4.74 Å². The van der Waals surface area contributed by atoms with Gasteiger partial charge in [0.1, 0.15) is 11.4 Å². The van der Waals surface area contributed by atoms with Crippen molar-refractivity contribution in [2.24, 2.45) is 18.9 Å². The Hall–Kier alpha value is -3.27. The van der Waals surface area contributed by atoms with Crippen LogP contribution in [0, 0.1) is 11.8 Å². The number of Topliss-reactive ketones (excluding diaryl/α,β-unsaturated/α-hetero) is 1. The summed E-state index contributed by atoms with van der Waals surface area (Å²) in [6, 6.07) is 6.76. The molecule has 32 heavy (non-hydrogen) atoms. The molecule has 0 unspecified atom stereocenters. The van der Waals surface area contributed by atoms with Crippen molar-refractivity contribution in [1.82, 2.24) is 19.7 Å². The maximum absolute atomic E-state index is 13.0. The second-order valence-corrected chi connectivity index (χ2v) is 7.84. The summed E-state index contributed by atoms with van der Waals surface area (Å²) >= 11 is 0. The number of alkyl halides is 3. The molecule has 4 rings (SSSR count). The molecule has 1 atom stereocenters. The molecule has 1 saturated carbocycles. The zero-order chi connectivity index (χ0) is 22.9. The molecule has 1 aliphatic carbocycles. The van der Waals surface area contributed by atoms with Gasteiger partial charge in [-0.1, -0.05) is 0 Å². The summed E-state index contributed by atoms with van der Waals surface area (Å²) in [4.78, 5) is 21.9. The first-order valence-electron chi connectivity index (χ1n) is 10.1. The molecule has 10 heteroatoms. The number of ketones is 1. The molecule has 168 valence electrons. The minimum Gasteiger partial charge on any atom is -0.406 e.